The van der Waals surface area contributed by atoms with Crippen molar-refractivity contribution in [1.82, 2.24) is 19.7 Å². The third kappa shape index (κ3) is 4.72. The van der Waals surface area contributed by atoms with E-state index in [1.54, 1.807) is 6.20 Å². The van der Waals surface area contributed by atoms with E-state index in [9.17, 15) is 4.79 Å². The van der Waals surface area contributed by atoms with Crippen LogP contribution in [-0.4, -0.2) is 51.8 Å². The van der Waals surface area contributed by atoms with Crippen LogP contribution in [0, 0.1) is 5.92 Å². The maximum Gasteiger partial charge on any atom is 0.255 e. The number of hydrogen-bond acceptors (Lipinski definition) is 4. The van der Waals surface area contributed by atoms with Crippen LogP contribution in [0.1, 0.15) is 55.3 Å². The van der Waals surface area contributed by atoms with Gasteiger partial charge in [0.1, 0.15) is 5.82 Å². The summed E-state index contributed by atoms with van der Waals surface area (Å²) in [6.07, 6.45) is 14.0. The minimum atomic E-state index is 0.125. The normalized spacial score (nSPS) is 18.9. The molecule has 2 aromatic rings. The van der Waals surface area contributed by atoms with Gasteiger partial charge in [-0.1, -0.05) is 12.8 Å². The fraction of sp³-hybridized carbons (Fsp3) is 0.591. The van der Waals surface area contributed by atoms with E-state index >= 15 is 0 Å². The average Bonchev–Trinajstić information content (AvgIpc) is 3.12. The van der Waals surface area contributed by atoms with Gasteiger partial charge in [-0.05, 0) is 56.2 Å². The van der Waals surface area contributed by atoms with Crippen molar-refractivity contribution in [2.75, 3.05) is 31.1 Å². The zero-order chi connectivity index (χ0) is 19.2. The first-order valence-electron chi connectivity index (χ1n) is 10.8. The molecule has 2 saturated heterocycles. The second-order valence-electron chi connectivity index (χ2n) is 8.10. The average molecular weight is 382 g/mol. The van der Waals surface area contributed by atoms with Gasteiger partial charge in [-0.25, -0.2) is 4.98 Å². The standard InChI is InChI=1S/C22H31N5O/c28-22(20-6-7-21(23-18-20)25-12-3-1-2-4-13-25)26-15-8-19(9-16-26)10-17-27-14-5-11-24-27/h5-7,11,14,18-19H,1-4,8-10,12-13,15-17H2. The first-order valence-corrected chi connectivity index (χ1v) is 10.8. The lowest BCUT2D eigenvalue weighted by Crippen LogP contribution is -2.38. The fourth-order valence-corrected chi connectivity index (χ4v) is 4.35. The first kappa shape index (κ1) is 19.0. The third-order valence-corrected chi connectivity index (χ3v) is 6.15. The van der Waals surface area contributed by atoms with Crippen LogP contribution in [0.4, 0.5) is 5.82 Å². The number of nitrogens with zero attached hydrogens (tertiary/aromatic N) is 5. The van der Waals surface area contributed by atoms with Crippen LogP contribution in [0.3, 0.4) is 0 Å². The van der Waals surface area contributed by atoms with Gasteiger partial charge in [0.15, 0.2) is 0 Å². The number of carbonyl (C=O) groups excluding carboxylic acids is 1. The summed E-state index contributed by atoms with van der Waals surface area (Å²) in [5.41, 5.74) is 0.716. The van der Waals surface area contributed by atoms with Crippen molar-refractivity contribution in [3.63, 3.8) is 0 Å². The molecule has 0 unspecified atom stereocenters. The molecule has 28 heavy (non-hydrogen) atoms. The van der Waals surface area contributed by atoms with E-state index < -0.39 is 0 Å². The molecule has 2 fully saturated rings. The molecule has 150 valence electrons. The summed E-state index contributed by atoms with van der Waals surface area (Å²) in [7, 11) is 0. The molecule has 6 nitrogen and oxygen atoms in total. The van der Waals surface area contributed by atoms with E-state index in [1.165, 1.54) is 25.7 Å². The zero-order valence-electron chi connectivity index (χ0n) is 16.7. The van der Waals surface area contributed by atoms with Crippen LogP contribution in [0.25, 0.3) is 0 Å². The van der Waals surface area contributed by atoms with Gasteiger partial charge >= 0.3 is 0 Å². The van der Waals surface area contributed by atoms with E-state index in [4.69, 9.17) is 0 Å². The number of aromatic nitrogens is 3. The maximum atomic E-state index is 12.9. The van der Waals surface area contributed by atoms with Gasteiger partial charge in [0.05, 0.1) is 5.56 Å². The van der Waals surface area contributed by atoms with Crippen molar-refractivity contribution in [1.29, 1.82) is 0 Å². The Hall–Kier alpha value is -2.37. The minimum Gasteiger partial charge on any atom is -0.357 e. The number of amides is 1. The molecular weight excluding hydrogens is 350 g/mol. The maximum absolute atomic E-state index is 12.9. The van der Waals surface area contributed by atoms with Crippen molar-refractivity contribution in [3.8, 4) is 0 Å². The van der Waals surface area contributed by atoms with Crippen LogP contribution in [-0.2, 0) is 6.54 Å². The molecule has 2 aliphatic rings. The van der Waals surface area contributed by atoms with E-state index in [0.717, 1.165) is 57.8 Å². The van der Waals surface area contributed by atoms with Crippen LogP contribution in [0.15, 0.2) is 36.8 Å². The number of rotatable bonds is 5. The van der Waals surface area contributed by atoms with Gasteiger partial charge in [-0.3, -0.25) is 9.48 Å². The number of anilines is 1. The summed E-state index contributed by atoms with van der Waals surface area (Å²) in [4.78, 5) is 21.8. The Labute approximate surface area is 167 Å². The van der Waals surface area contributed by atoms with Gasteiger partial charge in [0, 0.05) is 51.3 Å². The predicted molar refractivity (Wildman–Crippen MR) is 110 cm³/mol. The molecule has 4 heterocycles. The fourth-order valence-electron chi connectivity index (χ4n) is 4.35. The summed E-state index contributed by atoms with van der Waals surface area (Å²) in [5.74, 6) is 1.81. The molecule has 0 spiro atoms. The second kappa shape index (κ2) is 9.22. The van der Waals surface area contributed by atoms with Crippen molar-refractivity contribution >= 4 is 11.7 Å². The van der Waals surface area contributed by atoms with Crippen molar-refractivity contribution in [2.24, 2.45) is 5.92 Å². The Bertz CT molecular complexity index is 727. The largest absolute Gasteiger partial charge is 0.357 e. The van der Waals surface area contributed by atoms with Crippen LogP contribution < -0.4 is 4.90 Å². The highest BCUT2D eigenvalue weighted by molar-refractivity contribution is 5.94. The zero-order valence-corrected chi connectivity index (χ0v) is 16.7. The van der Waals surface area contributed by atoms with E-state index in [2.05, 4.69) is 15.0 Å². The lowest BCUT2D eigenvalue weighted by atomic mass is 9.93. The smallest absolute Gasteiger partial charge is 0.255 e. The summed E-state index contributed by atoms with van der Waals surface area (Å²) in [6, 6.07) is 5.95. The van der Waals surface area contributed by atoms with Gasteiger partial charge in [0.2, 0.25) is 0 Å². The van der Waals surface area contributed by atoms with Crippen LogP contribution in [0.5, 0.6) is 0 Å². The minimum absolute atomic E-state index is 0.125. The summed E-state index contributed by atoms with van der Waals surface area (Å²) < 4.78 is 2.00. The summed E-state index contributed by atoms with van der Waals surface area (Å²) >= 11 is 0. The lowest BCUT2D eigenvalue weighted by Gasteiger charge is -2.32. The highest BCUT2D eigenvalue weighted by Crippen LogP contribution is 2.23. The quantitative estimate of drug-likeness (QED) is 0.794. The highest BCUT2D eigenvalue weighted by Gasteiger charge is 2.24. The Balaban J connectivity index is 1.27. The number of carbonyl (C=O) groups is 1. The molecule has 6 heteroatoms. The molecule has 2 aromatic heterocycles. The molecule has 0 aliphatic carbocycles. The molecule has 0 saturated carbocycles. The Kier molecular flexibility index (Phi) is 6.24. The highest BCUT2D eigenvalue weighted by atomic mass is 16.2. The van der Waals surface area contributed by atoms with E-state index in [1.807, 2.05) is 40.2 Å². The number of likely N-dealkylation sites (tertiary alicyclic amines) is 1. The van der Waals surface area contributed by atoms with Crippen molar-refractivity contribution < 1.29 is 4.79 Å². The topological polar surface area (TPSA) is 54.3 Å². The SMILES string of the molecule is O=C(c1ccc(N2CCCCCC2)nc1)N1CCC(CCn2cccn2)CC1. The molecule has 0 radical (unpaired) electrons. The monoisotopic (exact) mass is 381 g/mol. The molecule has 4 rings (SSSR count). The summed E-state index contributed by atoms with van der Waals surface area (Å²) in [5, 5.41) is 4.27. The molecule has 0 atom stereocenters. The van der Waals surface area contributed by atoms with Crippen LogP contribution in [0.2, 0.25) is 0 Å². The molecule has 0 bridgehead atoms. The number of piperidine rings is 1. The Morgan fingerprint density at radius 3 is 2.46 bits per heavy atom. The van der Waals surface area contributed by atoms with Gasteiger partial charge < -0.3 is 9.80 Å². The Morgan fingerprint density at radius 1 is 1.04 bits per heavy atom. The molecule has 0 aromatic carbocycles. The molecule has 0 N–H and O–H groups in total. The third-order valence-electron chi connectivity index (χ3n) is 6.15. The summed E-state index contributed by atoms with van der Waals surface area (Å²) in [6.45, 7) is 4.80. The molecule has 2 aliphatic heterocycles. The lowest BCUT2D eigenvalue weighted by molar-refractivity contribution is 0.0684. The van der Waals surface area contributed by atoms with Crippen molar-refractivity contribution in [3.05, 3.63) is 42.4 Å². The van der Waals surface area contributed by atoms with Gasteiger partial charge in [-0.15, -0.1) is 0 Å². The first-order chi connectivity index (χ1) is 13.8. The Morgan fingerprint density at radius 2 is 1.82 bits per heavy atom. The number of aryl methyl sites for hydroxylation is 1. The van der Waals surface area contributed by atoms with E-state index in [0.29, 0.717) is 11.5 Å². The second-order valence-corrected chi connectivity index (χ2v) is 8.10. The van der Waals surface area contributed by atoms with Gasteiger partial charge in [-0.2, -0.15) is 5.10 Å². The molecular formula is C22H31N5O. The molecule has 1 amide bonds. The number of pyridine rings is 1. The van der Waals surface area contributed by atoms with Crippen LogP contribution >= 0.6 is 0 Å². The van der Waals surface area contributed by atoms with Gasteiger partial charge in [0.25, 0.3) is 5.91 Å². The number of hydrogen-bond donors (Lipinski definition) is 0. The van der Waals surface area contributed by atoms with Crippen molar-refractivity contribution in [2.45, 2.75) is 51.5 Å². The van der Waals surface area contributed by atoms with E-state index in [-0.39, 0.29) is 5.91 Å². The predicted octanol–water partition coefficient (Wildman–Crippen LogP) is 3.60.